The van der Waals surface area contributed by atoms with Gasteiger partial charge < -0.3 is 10.3 Å². The molecule has 3 aromatic rings. The summed E-state index contributed by atoms with van der Waals surface area (Å²) in [5.74, 6) is 1.16. The van der Waals surface area contributed by atoms with Crippen molar-refractivity contribution in [1.82, 2.24) is 19.9 Å². The van der Waals surface area contributed by atoms with Gasteiger partial charge in [-0.05, 0) is 19.1 Å². The number of benzene rings is 1. The molecule has 1 aromatic carbocycles. The molecule has 0 unspecified atom stereocenters. The molecule has 8 heteroatoms. The van der Waals surface area contributed by atoms with Gasteiger partial charge in [0.1, 0.15) is 5.82 Å². The summed E-state index contributed by atoms with van der Waals surface area (Å²) in [6.45, 7) is 1.79. The third-order valence-electron chi connectivity index (χ3n) is 2.68. The first-order valence-corrected chi connectivity index (χ1v) is 6.78. The Labute approximate surface area is 129 Å². The van der Waals surface area contributed by atoms with Crippen LogP contribution < -0.4 is 5.32 Å². The quantitative estimate of drug-likeness (QED) is 0.686. The third-order valence-corrected chi connectivity index (χ3v) is 3.97. The second kappa shape index (κ2) is 5.09. The van der Waals surface area contributed by atoms with Gasteiger partial charge in [0.2, 0.25) is 0 Å². The zero-order valence-corrected chi connectivity index (χ0v) is 12.5. The number of halogens is 3. The summed E-state index contributed by atoms with van der Waals surface area (Å²) in [5.41, 5.74) is 1.87. The second-order valence-corrected chi connectivity index (χ2v) is 5.23. The van der Waals surface area contributed by atoms with E-state index in [4.69, 9.17) is 34.8 Å². The maximum atomic E-state index is 6.16. The van der Waals surface area contributed by atoms with Crippen molar-refractivity contribution < 1.29 is 0 Å². The van der Waals surface area contributed by atoms with Crippen LogP contribution in [0.3, 0.4) is 0 Å². The lowest BCUT2D eigenvalue weighted by atomic mass is 10.3. The van der Waals surface area contributed by atoms with Gasteiger partial charge >= 0.3 is 0 Å². The highest BCUT2D eigenvalue weighted by molar-refractivity contribution is 6.49. The Hall–Kier alpha value is -1.56. The molecular weight excluding hydrogens is 321 g/mol. The topological polar surface area (TPSA) is 66.5 Å². The molecule has 2 aromatic heterocycles. The van der Waals surface area contributed by atoms with Gasteiger partial charge in [0, 0.05) is 0 Å². The highest BCUT2D eigenvalue weighted by Gasteiger charge is 2.13. The molecule has 0 fully saturated rings. The molecule has 0 aliphatic heterocycles. The summed E-state index contributed by atoms with van der Waals surface area (Å²) in [7, 11) is 0. The second-order valence-electron chi connectivity index (χ2n) is 4.07. The Morgan fingerprint density at radius 2 is 1.90 bits per heavy atom. The van der Waals surface area contributed by atoms with Crippen molar-refractivity contribution in [3.05, 3.63) is 39.4 Å². The summed E-state index contributed by atoms with van der Waals surface area (Å²) < 4.78 is 0. The summed E-state index contributed by atoms with van der Waals surface area (Å²) in [6, 6.07) is 3.39. The van der Waals surface area contributed by atoms with Crippen molar-refractivity contribution in [2.45, 2.75) is 6.92 Å². The first-order valence-electron chi connectivity index (χ1n) is 5.64. The molecule has 0 bridgehead atoms. The number of nitrogens with one attached hydrogen (secondary N) is 2. The fourth-order valence-electron chi connectivity index (χ4n) is 1.78. The van der Waals surface area contributed by atoms with Crippen LogP contribution in [0.2, 0.25) is 15.1 Å². The van der Waals surface area contributed by atoms with Crippen LogP contribution in [0.1, 0.15) is 5.82 Å². The van der Waals surface area contributed by atoms with Gasteiger partial charge in [-0.2, -0.15) is 0 Å². The molecule has 0 aliphatic rings. The SMILES string of the molecule is Cc1nc(Nc2ccc(Cl)c(Cl)c2Cl)c2nc[nH]c2n1. The Balaban J connectivity index is 2.10. The van der Waals surface area contributed by atoms with Gasteiger partial charge in [0.05, 0.1) is 27.1 Å². The van der Waals surface area contributed by atoms with Crippen LogP contribution in [0.5, 0.6) is 0 Å². The first-order chi connectivity index (χ1) is 9.56. The molecule has 102 valence electrons. The van der Waals surface area contributed by atoms with Gasteiger partial charge in [0.15, 0.2) is 17.0 Å². The number of aryl methyl sites for hydroxylation is 1. The van der Waals surface area contributed by atoms with E-state index in [0.717, 1.165) is 0 Å². The Kier molecular flexibility index (Phi) is 3.41. The van der Waals surface area contributed by atoms with E-state index < -0.39 is 0 Å². The molecule has 3 rings (SSSR count). The van der Waals surface area contributed by atoms with Crippen molar-refractivity contribution in [3.63, 3.8) is 0 Å². The third kappa shape index (κ3) is 2.28. The number of nitrogens with zero attached hydrogens (tertiary/aromatic N) is 3. The van der Waals surface area contributed by atoms with Crippen LogP contribution in [-0.2, 0) is 0 Å². The average molecular weight is 329 g/mol. The molecule has 5 nitrogen and oxygen atoms in total. The summed E-state index contributed by atoms with van der Waals surface area (Å²) >= 11 is 18.1. The lowest BCUT2D eigenvalue weighted by Crippen LogP contribution is -1.99. The van der Waals surface area contributed by atoms with Crippen LogP contribution in [0.15, 0.2) is 18.5 Å². The maximum Gasteiger partial charge on any atom is 0.163 e. The van der Waals surface area contributed by atoms with Crippen molar-refractivity contribution in [1.29, 1.82) is 0 Å². The number of aromatic nitrogens is 4. The van der Waals surface area contributed by atoms with E-state index in [1.807, 2.05) is 0 Å². The molecule has 0 atom stereocenters. The first kappa shape index (κ1) is 13.4. The van der Waals surface area contributed by atoms with Crippen LogP contribution in [0.4, 0.5) is 11.5 Å². The number of aromatic amines is 1. The Morgan fingerprint density at radius 3 is 2.70 bits per heavy atom. The van der Waals surface area contributed by atoms with E-state index in [-0.39, 0.29) is 0 Å². The summed E-state index contributed by atoms with van der Waals surface area (Å²) in [5, 5.41) is 4.12. The lowest BCUT2D eigenvalue weighted by molar-refractivity contribution is 1.08. The zero-order valence-electron chi connectivity index (χ0n) is 10.2. The average Bonchev–Trinajstić information content (AvgIpc) is 2.87. The molecule has 2 N–H and O–H groups in total. The minimum Gasteiger partial charge on any atom is -0.337 e. The molecule has 0 amide bonds. The molecule has 0 radical (unpaired) electrons. The summed E-state index contributed by atoms with van der Waals surface area (Å²) in [4.78, 5) is 15.7. The van der Waals surface area contributed by atoms with Crippen molar-refractivity contribution >= 4 is 57.5 Å². The van der Waals surface area contributed by atoms with Crippen molar-refractivity contribution in [2.24, 2.45) is 0 Å². The molecule has 20 heavy (non-hydrogen) atoms. The van der Waals surface area contributed by atoms with E-state index in [1.165, 1.54) is 0 Å². The van der Waals surface area contributed by atoms with E-state index in [2.05, 4.69) is 25.3 Å². The summed E-state index contributed by atoms with van der Waals surface area (Å²) in [6.07, 6.45) is 1.56. The minimum absolute atomic E-state index is 0.294. The van der Waals surface area contributed by atoms with Gasteiger partial charge in [0.25, 0.3) is 0 Å². The van der Waals surface area contributed by atoms with Crippen LogP contribution >= 0.6 is 34.8 Å². The smallest absolute Gasteiger partial charge is 0.163 e. The van der Waals surface area contributed by atoms with Crippen LogP contribution in [0, 0.1) is 6.92 Å². The number of fused-ring (bicyclic) bond motifs is 1. The monoisotopic (exact) mass is 327 g/mol. The fraction of sp³-hybridized carbons (Fsp3) is 0.0833. The van der Waals surface area contributed by atoms with E-state index >= 15 is 0 Å². The van der Waals surface area contributed by atoms with Gasteiger partial charge in [-0.1, -0.05) is 34.8 Å². The van der Waals surface area contributed by atoms with Crippen molar-refractivity contribution in [3.8, 4) is 0 Å². The molecular formula is C12H8Cl3N5. The number of imidazole rings is 1. The predicted molar refractivity (Wildman–Crippen MR) is 81.2 cm³/mol. The molecule has 0 spiro atoms. The predicted octanol–water partition coefficient (Wildman–Crippen LogP) is 4.37. The highest BCUT2D eigenvalue weighted by Crippen LogP contribution is 2.37. The molecule has 0 saturated heterocycles. The lowest BCUT2D eigenvalue weighted by Gasteiger charge is -2.10. The zero-order chi connectivity index (χ0) is 14.3. The standard InChI is InChI=1S/C12H8Cl3N5/c1-5-18-11-10(16-4-17-11)12(19-5)20-7-3-2-6(13)8(14)9(7)15/h2-4H,1H3,(H2,16,17,18,19,20). The number of H-pyrrole nitrogens is 1. The van der Waals surface area contributed by atoms with Crippen LogP contribution in [0.25, 0.3) is 11.2 Å². The van der Waals surface area contributed by atoms with Crippen molar-refractivity contribution in [2.75, 3.05) is 5.32 Å². The molecule has 0 aliphatic carbocycles. The number of anilines is 2. The number of hydrogen-bond donors (Lipinski definition) is 2. The van der Waals surface area contributed by atoms with E-state index in [0.29, 0.717) is 43.6 Å². The largest absolute Gasteiger partial charge is 0.337 e. The number of rotatable bonds is 2. The molecule has 0 saturated carbocycles. The van der Waals surface area contributed by atoms with E-state index in [9.17, 15) is 0 Å². The minimum atomic E-state index is 0.294. The number of hydrogen-bond acceptors (Lipinski definition) is 4. The maximum absolute atomic E-state index is 6.16. The fourth-order valence-corrected chi connectivity index (χ4v) is 2.37. The van der Waals surface area contributed by atoms with Crippen LogP contribution in [-0.4, -0.2) is 19.9 Å². The van der Waals surface area contributed by atoms with E-state index in [1.54, 1.807) is 25.4 Å². The normalized spacial score (nSPS) is 11.0. The van der Waals surface area contributed by atoms with Gasteiger partial charge in [-0.25, -0.2) is 15.0 Å². The molecule has 2 heterocycles. The van der Waals surface area contributed by atoms with Gasteiger partial charge in [-0.3, -0.25) is 0 Å². The highest BCUT2D eigenvalue weighted by atomic mass is 35.5. The Bertz CT molecular complexity index is 799. The Morgan fingerprint density at radius 1 is 1.10 bits per heavy atom. The van der Waals surface area contributed by atoms with Gasteiger partial charge in [-0.15, -0.1) is 0 Å².